The lowest BCUT2D eigenvalue weighted by atomic mass is 10.6. The third kappa shape index (κ3) is 1.53. The van der Waals surface area contributed by atoms with Crippen LogP contribution in [0.1, 0.15) is 18.0 Å². The minimum Gasteiger partial charge on any atom is -0.444 e. The van der Waals surface area contributed by atoms with E-state index in [1.807, 2.05) is 0 Å². The topological polar surface area (TPSA) is 26.0 Å². The number of hydrogen-bond donors (Lipinski definition) is 0. The Bertz CT molecular complexity index is 213. The van der Waals surface area contributed by atoms with Crippen LogP contribution in [0, 0.1) is 0 Å². The van der Waals surface area contributed by atoms with Gasteiger partial charge in [0.2, 0.25) is 0 Å². The molecule has 0 fully saturated rings. The van der Waals surface area contributed by atoms with Crippen molar-refractivity contribution in [2.75, 3.05) is 0 Å². The van der Waals surface area contributed by atoms with E-state index in [2.05, 4.69) is 25.3 Å². The van der Waals surface area contributed by atoms with E-state index in [9.17, 15) is 8.78 Å². The number of hydrogen-bond acceptors (Lipinski definition) is 2. The van der Waals surface area contributed by atoms with Crippen LogP contribution in [-0.2, 0) is 5.33 Å². The van der Waals surface area contributed by atoms with Crippen molar-refractivity contribution in [2.24, 2.45) is 0 Å². The van der Waals surface area contributed by atoms with Gasteiger partial charge in [0.1, 0.15) is 6.26 Å². The Morgan fingerprint density at radius 2 is 2.40 bits per heavy atom. The first-order valence-electron chi connectivity index (χ1n) is 2.52. The summed E-state index contributed by atoms with van der Waals surface area (Å²) >= 11 is 3.05. The van der Waals surface area contributed by atoms with Crippen LogP contribution in [0.25, 0.3) is 0 Å². The number of alkyl halides is 3. The molecular formula is C5H4BrF2NO. The lowest BCUT2D eigenvalue weighted by Crippen LogP contribution is -1.83. The molecule has 0 unspecified atom stereocenters. The van der Waals surface area contributed by atoms with E-state index in [-0.39, 0.29) is 0 Å². The molecule has 0 aromatic carbocycles. The Morgan fingerprint density at radius 3 is 2.70 bits per heavy atom. The molecule has 2 nitrogen and oxygen atoms in total. The summed E-state index contributed by atoms with van der Waals surface area (Å²) in [5, 5.41) is 0.434. The number of nitrogens with zero attached hydrogens (tertiary/aromatic N) is 1. The summed E-state index contributed by atoms with van der Waals surface area (Å²) in [5.74, 6) is -0.519. The molecule has 0 atom stereocenters. The molecule has 1 aromatic heterocycles. The molecule has 0 spiro atoms. The Balaban J connectivity index is 2.78. The molecule has 1 heterocycles. The molecule has 5 heteroatoms. The third-order valence-corrected chi connectivity index (χ3v) is 1.47. The van der Waals surface area contributed by atoms with Crippen molar-refractivity contribution in [3.8, 4) is 0 Å². The van der Waals surface area contributed by atoms with Gasteiger partial charge in [0, 0.05) is 5.33 Å². The van der Waals surface area contributed by atoms with Gasteiger partial charge in [-0.2, -0.15) is 8.78 Å². The van der Waals surface area contributed by atoms with E-state index in [0.717, 1.165) is 0 Å². The summed E-state index contributed by atoms with van der Waals surface area (Å²) in [6.07, 6.45) is -1.41. The van der Waals surface area contributed by atoms with Crippen molar-refractivity contribution in [2.45, 2.75) is 11.8 Å². The Labute approximate surface area is 64.4 Å². The fourth-order valence-electron chi connectivity index (χ4n) is 0.484. The van der Waals surface area contributed by atoms with E-state index in [4.69, 9.17) is 0 Å². The first kappa shape index (κ1) is 7.65. The fourth-order valence-corrected chi connectivity index (χ4v) is 0.742. The van der Waals surface area contributed by atoms with E-state index in [1.54, 1.807) is 0 Å². The zero-order valence-electron chi connectivity index (χ0n) is 4.85. The molecule has 0 aliphatic carbocycles. The molecule has 0 saturated heterocycles. The minimum atomic E-state index is -2.62. The van der Waals surface area contributed by atoms with Crippen LogP contribution in [0.4, 0.5) is 8.78 Å². The number of aromatic nitrogens is 1. The second-order valence-corrected chi connectivity index (χ2v) is 2.17. The van der Waals surface area contributed by atoms with Crippen LogP contribution >= 0.6 is 15.9 Å². The SMILES string of the molecule is FC(F)c1nc(CBr)co1. The maximum atomic E-state index is 11.7. The van der Waals surface area contributed by atoms with Crippen LogP contribution in [0.5, 0.6) is 0 Å². The monoisotopic (exact) mass is 211 g/mol. The second-order valence-electron chi connectivity index (χ2n) is 1.61. The van der Waals surface area contributed by atoms with Gasteiger partial charge >= 0.3 is 6.43 Å². The molecule has 0 radical (unpaired) electrons. The van der Waals surface area contributed by atoms with Crippen LogP contribution < -0.4 is 0 Å². The predicted octanol–water partition coefficient (Wildman–Crippen LogP) is 2.51. The van der Waals surface area contributed by atoms with Gasteiger partial charge in [-0.3, -0.25) is 0 Å². The van der Waals surface area contributed by atoms with Gasteiger partial charge in [0.15, 0.2) is 0 Å². The number of rotatable bonds is 2. The van der Waals surface area contributed by atoms with E-state index >= 15 is 0 Å². The fraction of sp³-hybridized carbons (Fsp3) is 0.400. The third-order valence-electron chi connectivity index (χ3n) is 0.893. The van der Waals surface area contributed by atoms with Crippen molar-refractivity contribution >= 4 is 15.9 Å². The highest BCUT2D eigenvalue weighted by Gasteiger charge is 2.13. The van der Waals surface area contributed by atoms with Gasteiger partial charge in [0.25, 0.3) is 5.89 Å². The molecule has 0 saturated carbocycles. The average Bonchev–Trinajstić information content (AvgIpc) is 2.34. The maximum absolute atomic E-state index is 11.7. The predicted molar refractivity (Wildman–Crippen MR) is 34.1 cm³/mol. The molecule has 0 aliphatic rings. The van der Waals surface area contributed by atoms with E-state index in [0.29, 0.717) is 11.0 Å². The van der Waals surface area contributed by atoms with Crippen LogP contribution in [0.2, 0.25) is 0 Å². The molecule has 1 aromatic rings. The van der Waals surface area contributed by atoms with Gasteiger partial charge in [-0.25, -0.2) is 4.98 Å². The van der Waals surface area contributed by atoms with Crippen molar-refractivity contribution in [3.63, 3.8) is 0 Å². The molecule has 10 heavy (non-hydrogen) atoms. The zero-order chi connectivity index (χ0) is 7.56. The van der Waals surface area contributed by atoms with Gasteiger partial charge in [-0.05, 0) is 0 Å². The van der Waals surface area contributed by atoms with Gasteiger partial charge in [-0.1, -0.05) is 15.9 Å². The van der Waals surface area contributed by atoms with Gasteiger partial charge < -0.3 is 4.42 Å². The molecule has 0 N–H and O–H groups in total. The van der Waals surface area contributed by atoms with Crippen LogP contribution in [0.15, 0.2) is 10.7 Å². The summed E-state index contributed by atoms with van der Waals surface area (Å²) in [7, 11) is 0. The molecule has 0 bridgehead atoms. The lowest BCUT2D eigenvalue weighted by molar-refractivity contribution is 0.115. The first-order valence-corrected chi connectivity index (χ1v) is 3.64. The first-order chi connectivity index (χ1) is 4.74. The molecule has 0 aliphatic heterocycles. The van der Waals surface area contributed by atoms with Crippen molar-refractivity contribution in [3.05, 3.63) is 17.8 Å². The summed E-state index contributed by atoms with van der Waals surface area (Å²) in [6, 6.07) is 0. The smallest absolute Gasteiger partial charge is 0.313 e. The quantitative estimate of drug-likeness (QED) is 0.703. The standard InChI is InChI=1S/C5H4BrF2NO/c6-1-3-2-10-5(9-3)4(7)8/h2,4H,1H2. The van der Waals surface area contributed by atoms with Gasteiger partial charge in [-0.15, -0.1) is 0 Å². The molecule has 0 amide bonds. The highest BCUT2D eigenvalue weighted by Crippen LogP contribution is 2.18. The molecular weight excluding hydrogens is 208 g/mol. The molecule has 1 rings (SSSR count). The van der Waals surface area contributed by atoms with E-state index < -0.39 is 12.3 Å². The van der Waals surface area contributed by atoms with Gasteiger partial charge in [0.05, 0.1) is 5.69 Å². The van der Waals surface area contributed by atoms with Crippen LogP contribution in [0.3, 0.4) is 0 Å². The van der Waals surface area contributed by atoms with Crippen LogP contribution in [-0.4, -0.2) is 4.98 Å². The normalized spacial score (nSPS) is 10.8. The summed E-state index contributed by atoms with van der Waals surface area (Å²) in [5.41, 5.74) is 0.482. The highest BCUT2D eigenvalue weighted by atomic mass is 79.9. The Kier molecular flexibility index (Phi) is 2.37. The second kappa shape index (κ2) is 3.09. The highest BCUT2D eigenvalue weighted by molar-refractivity contribution is 9.08. The van der Waals surface area contributed by atoms with Crippen molar-refractivity contribution in [1.29, 1.82) is 0 Å². The molecule has 56 valence electrons. The summed E-state index contributed by atoms with van der Waals surface area (Å²) in [6.45, 7) is 0. The maximum Gasteiger partial charge on any atom is 0.313 e. The van der Waals surface area contributed by atoms with Crippen molar-refractivity contribution in [1.82, 2.24) is 4.98 Å². The lowest BCUT2D eigenvalue weighted by Gasteiger charge is -1.86. The average molecular weight is 212 g/mol. The van der Waals surface area contributed by atoms with E-state index in [1.165, 1.54) is 6.26 Å². The summed E-state index contributed by atoms with van der Waals surface area (Å²) in [4.78, 5) is 3.46. The van der Waals surface area contributed by atoms with Crippen molar-refractivity contribution < 1.29 is 13.2 Å². The zero-order valence-corrected chi connectivity index (χ0v) is 6.44. The Morgan fingerprint density at radius 1 is 1.70 bits per heavy atom. The Hall–Kier alpha value is -0.450. The summed E-state index contributed by atoms with van der Waals surface area (Å²) < 4.78 is 27.9. The minimum absolute atomic E-state index is 0.434. The number of oxazole rings is 1. The largest absolute Gasteiger partial charge is 0.444 e. The number of halogens is 3.